The highest BCUT2D eigenvalue weighted by Crippen LogP contribution is 2.32. The number of carbonyl (C=O) groups excluding carboxylic acids is 1. The number of carbonyl (C=O) groups is 1. The molecule has 1 aliphatic rings. The van der Waals surface area contributed by atoms with E-state index >= 15 is 0 Å². The zero-order valence-corrected chi connectivity index (χ0v) is 17.4. The van der Waals surface area contributed by atoms with Gasteiger partial charge in [0.1, 0.15) is 17.9 Å². The average molecular weight is 462 g/mol. The van der Waals surface area contributed by atoms with Crippen LogP contribution in [0.15, 0.2) is 77.9 Å². The van der Waals surface area contributed by atoms with Gasteiger partial charge in [-0.2, -0.15) is 5.10 Å². The fourth-order valence-corrected chi connectivity index (χ4v) is 3.41. The third-order valence-electron chi connectivity index (χ3n) is 5.09. The number of rotatable bonds is 7. The minimum Gasteiger partial charge on any atom is -0.382 e. The molecule has 0 saturated heterocycles. The smallest absolute Gasteiger partial charge is 0.271 e. The molecule has 0 aromatic heterocycles. The number of benzene rings is 3. The van der Waals surface area contributed by atoms with E-state index in [1.54, 1.807) is 30.3 Å². The summed E-state index contributed by atoms with van der Waals surface area (Å²) in [5.41, 5.74) is 3.62. The number of aliphatic hydroxyl groups excluding tert-OH is 1. The molecule has 0 saturated carbocycles. The van der Waals surface area contributed by atoms with E-state index in [9.17, 15) is 30.1 Å². The molecule has 12 nitrogen and oxygen atoms in total. The molecule has 0 aliphatic carbocycles. The van der Waals surface area contributed by atoms with E-state index in [1.165, 1.54) is 42.5 Å². The summed E-state index contributed by atoms with van der Waals surface area (Å²) < 4.78 is 0. The van der Waals surface area contributed by atoms with Crippen LogP contribution in [-0.2, 0) is 4.79 Å². The molecule has 0 spiro atoms. The van der Waals surface area contributed by atoms with Crippen molar-refractivity contribution in [1.29, 1.82) is 0 Å². The Bertz CT molecular complexity index is 1300. The molecule has 4 rings (SSSR count). The first-order chi connectivity index (χ1) is 16.3. The molecule has 3 aromatic rings. The maximum Gasteiger partial charge on any atom is 0.271 e. The Morgan fingerprint density at radius 2 is 1.65 bits per heavy atom. The predicted molar refractivity (Wildman–Crippen MR) is 125 cm³/mol. The van der Waals surface area contributed by atoms with Crippen LogP contribution >= 0.6 is 0 Å². The molecule has 0 unspecified atom stereocenters. The van der Waals surface area contributed by atoms with E-state index in [4.69, 9.17) is 0 Å². The van der Waals surface area contributed by atoms with Gasteiger partial charge in [-0.05, 0) is 23.8 Å². The standard InChI is InChI=1S/C22H18N6O6/c29-21(13-5-4-8-15(11-13)27(31)32)19(26-25-14-6-2-1-3-7-14)20-22(30)24-18-12-16(28(33)34)9-10-17(18)23-20/h1-12,20-21,23,25,29H,(H,24,30)/b26-19+/t20-,21+/m0/s1. The first-order valence-corrected chi connectivity index (χ1v) is 10.0. The van der Waals surface area contributed by atoms with Gasteiger partial charge >= 0.3 is 0 Å². The highest BCUT2D eigenvalue weighted by Gasteiger charge is 2.35. The second-order valence-electron chi connectivity index (χ2n) is 7.32. The Hall–Kier alpha value is -4.84. The van der Waals surface area contributed by atoms with Crippen LogP contribution < -0.4 is 16.1 Å². The van der Waals surface area contributed by atoms with Gasteiger partial charge in [0.25, 0.3) is 17.3 Å². The predicted octanol–water partition coefficient (Wildman–Crippen LogP) is 3.44. The summed E-state index contributed by atoms with van der Waals surface area (Å²) in [6.07, 6.45) is -1.49. The van der Waals surface area contributed by atoms with Crippen molar-refractivity contribution in [2.45, 2.75) is 12.1 Å². The zero-order chi connectivity index (χ0) is 24.2. The van der Waals surface area contributed by atoms with Gasteiger partial charge in [-0.25, -0.2) is 0 Å². The first-order valence-electron chi connectivity index (χ1n) is 10.0. The summed E-state index contributed by atoms with van der Waals surface area (Å²) in [6, 6.07) is 16.9. The lowest BCUT2D eigenvalue weighted by atomic mass is 9.96. The number of hydrogen-bond donors (Lipinski definition) is 4. The average Bonchev–Trinajstić information content (AvgIpc) is 2.84. The Morgan fingerprint density at radius 1 is 0.941 bits per heavy atom. The maximum absolute atomic E-state index is 12.9. The van der Waals surface area contributed by atoms with Crippen LogP contribution in [0.5, 0.6) is 0 Å². The van der Waals surface area contributed by atoms with Crippen molar-refractivity contribution in [3.05, 3.63) is 98.6 Å². The summed E-state index contributed by atoms with van der Waals surface area (Å²) >= 11 is 0. The van der Waals surface area contributed by atoms with Crippen LogP contribution in [0.2, 0.25) is 0 Å². The van der Waals surface area contributed by atoms with Gasteiger partial charge in [0.05, 0.1) is 26.9 Å². The molecule has 1 heterocycles. The molecular formula is C22H18N6O6. The summed E-state index contributed by atoms with van der Waals surface area (Å²) in [5, 5.41) is 43.1. The SMILES string of the molecule is O=C1Nc2cc([N+](=O)[O-])ccc2N[C@H]1/C(=N\Nc1ccccc1)[C@H](O)c1cccc([N+](=O)[O-])c1. The quantitative estimate of drug-likeness (QED) is 0.235. The van der Waals surface area contributed by atoms with Gasteiger partial charge in [-0.15, -0.1) is 0 Å². The summed E-state index contributed by atoms with van der Waals surface area (Å²) in [5.74, 6) is -0.619. The Balaban J connectivity index is 1.72. The third kappa shape index (κ3) is 4.66. The number of nitrogens with zero attached hydrogens (tertiary/aromatic N) is 3. The number of aliphatic hydroxyl groups is 1. The normalized spacial score (nSPS) is 16.0. The zero-order valence-electron chi connectivity index (χ0n) is 17.4. The number of para-hydroxylation sites is 1. The number of fused-ring (bicyclic) bond motifs is 1. The van der Waals surface area contributed by atoms with Crippen LogP contribution in [0.25, 0.3) is 0 Å². The van der Waals surface area contributed by atoms with E-state index in [1.807, 2.05) is 0 Å². The highest BCUT2D eigenvalue weighted by atomic mass is 16.6. The van der Waals surface area contributed by atoms with Crippen LogP contribution in [0.4, 0.5) is 28.4 Å². The van der Waals surface area contributed by atoms with Crippen LogP contribution in [0, 0.1) is 20.2 Å². The first kappa shape index (κ1) is 22.4. The van der Waals surface area contributed by atoms with Gasteiger partial charge in [0, 0.05) is 24.3 Å². The molecule has 12 heteroatoms. The summed E-state index contributed by atoms with van der Waals surface area (Å²) in [7, 11) is 0. The van der Waals surface area contributed by atoms with Crippen molar-refractivity contribution in [1.82, 2.24) is 0 Å². The fraction of sp³-hybridized carbons (Fsp3) is 0.0909. The number of nitrogens with one attached hydrogen (secondary N) is 3. The van der Waals surface area contributed by atoms with E-state index in [2.05, 4.69) is 21.2 Å². The summed E-state index contributed by atoms with van der Waals surface area (Å²) in [4.78, 5) is 34.0. The topological polar surface area (TPSA) is 172 Å². The third-order valence-corrected chi connectivity index (χ3v) is 5.09. The molecule has 1 amide bonds. The number of non-ortho nitro benzene ring substituents is 2. The molecule has 34 heavy (non-hydrogen) atoms. The van der Waals surface area contributed by atoms with Crippen molar-refractivity contribution in [3.63, 3.8) is 0 Å². The molecule has 3 aromatic carbocycles. The minimum absolute atomic E-state index is 0.0640. The minimum atomic E-state index is -1.49. The van der Waals surface area contributed by atoms with Gasteiger partial charge in [0.15, 0.2) is 0 Å². The van der Waals surface area contributed by atoms with E-state index in [0.29, 0.717) is 11.4 Å². The van der Waals surface area contributed by atoms with E-state index in [0.717, 1.165) is 0 Å². The van der Waals surface area contributed by atoms with Gasteiger partial charge in [-0.3, -0.25) is 30.4 Å². The van der Waals surface area contributed by atoms with Crippen LogP contribution in [0.1, 0.15) is 11.7 Å². The monoisotopic (exact) mass is 462 g/mol. The second kappa shape index (κ2) is 9.34. The van der Waals surface area contributed by atoms with Gasteiger partial charge in [0.2, 0.25) is 0 Å². The summed E-state index contributed by atoms with van der Waals surface area (Å²) in [6.45, 7) is 0. The molecule has 1 aliphatic heterocycles. The second-order valence-corrected chi connectivity index (χ2v) is 7.32. The van der Waals surface area contributed by atoms with Crippen LogP contribution in [0.3, 0.4) is 0 Å². The number of hydrogen-bond acceptors (Lipinski definition) is 9. The Morgan fingerprint density at radius 3 is 2.35 bits per heavy atom. The van der Waals surface area contributed by atoms with Gasteiger partial charge < -0.3 is 15.7 Å². The molecule has 0 bridgehead atoms. The largest absolute Gasteiger partial charge is 0.382 e. The highest BCUT2D eigenvalue weighted by molar-refractivity contribution is 6.19. The van der Waals surface area contributed by atoms with Crippen molar-refractivity contribution >= 4 is 40.1 Å². The lowest BCUT2D eigenvalue weighted by Gasteiger charge is -2.29. The lowest BCUT2D eigenvalue weighted by molar-refractivity contribution is -0.385. The number of amides is 1. The number of nitro benzene ring substituents is 2. The van der Waals surface area contributed by atoms with Crippen LogP contribution in [-0.4, -0.2) is 32.6 Å². The Labute approximate surface area is 192 Å². The lowest BCUT2D eigenvalue weighted by Crippen LogP contribution is -2.47. The Kier molecular flexibility index (Phi) is 6.14. The molecular weight excluding hydrogens is 444 g/mol. The molecule has 0 radical (unpaired) electrons. The van der Waals surface area contributed by atoms with Crippen molar-refractivity contribution in [2.24, 2.45) is 5.10 Å². The maximum atomic E-state index is 12.9. The molecule has 172 valence electrons. The molecule has 4 N–H and O–H groups in total. The van der Waals surface area contributed by atoms with E-state index in [-0.39, 0.29) is 28.3 Å². The van der Waals surface area contributed by atoms with Crippen molar-refractivity contribution in [2.75, 3.05) is 16.1 Å². The molecule has 0 fully saturated rings. The molecule has 2 atom stereocenters. The number of nitro groups is 2. The van der Waals surface area contributed by atoms with Crippen molar-refractivity contribution < 1.29 is 19.7 Å². The fourth-order valence-electron chi connectivity index (χ4n) is 3.41. The van der Waals surface area contributed by atoms with E-state index < -0.39 is 27.9 Å². The van der Waals surface area contributed by atoms with Crippen molar-refractivity contribution in [3.8, 4) is 0 Å². The number of hydrazone groups is 1. The van der Waals surface area contributed by atoms with Gasteiger partial charge in [-0.1, -0.05) is 30.3 Å². The number of anilines is 3.